The normalized spacial score (nSPS) is 12.6. The van der Waals surface area contributed by atoms with Crippen molar-refractivity contribution >= 4 is 17.4 Å². The molecule has 0 spiro atoms. The van der Waals surface area contributed by atoms with Gasteiger partial charge in [-0.25, -0.2) is 4.79 Å². The van der Waals surface area contributed by atoms with Crippen molar-refractivity contribution < 1.29 is 32.7 Å². The second kappa shape index (κ2) is 9.03. The Morgan fingerprint density at radius 3 is 2.46 bits per heavy atom. The zero-order chi connectivity index (χ0) is 20.7. The highest BCUT2D eigenvalue weighted by molar-refractivity contribution is 6.42. The van der Waals surface area contributed by atoms with Gasteiger partial charge in [-0.2, -0.15) is 13.2 Å². The summed E-state index contributed by atoms with van der Waals surface area (Å²) in [4.78, 5) is 21.1. The van der Waals surface area contributed by atoms with Crippen molar-refractivity contribution in [2.45, 2.75) is 19.7 Å². The molecule has 1 N–H and O–H groups in total. The van der Waals surface area contributed by atoms with Crippen LogP contribution in [0.25, 0.3) is 0 Å². The summed E-state index contributed by atoms with van der Waals surface area (Å²) in [5.41, 5.74) is 0.167. The molecule has 0 saturated heterocycles. The number of alkyl halides is 3. The van der Waals surface area contributed by atoms with Crippen LogP contribution in [-0.2, 0) is 27.3 Å². The van der Waals surface area contributed by atoms with Crippen LogP contribution in [0, 0.1) is 0 Å². The summed E-state index contributed by atoms with van der Waals surface area (Å²) in [5.74, 6) is -1.28. The second-order valence-electron chi connectivity index (χ2n) is 5.61. The van der Waals surface area contributed by atoms with Gasteiger partial charge in [0.05, 0.1) is 11.3 Å². The number of hydrogen-bond acceptors (Lipinski definition) is 5. The van der Waals surface area contributed by atoms with Crippen LogP contribution in [0.2, 0.25) is 0 Å². The number of hydrogen-bond donors (Lipinski definition) is 1. The molecule has 0 aromatic heterocycles. The van der Waals surface area contributed by atoms with Crippen LogP contribution in [0.3, 0.4) is 0 Å². The van der Waals surface area contributed by atoms with Gasteiger partial charge in [0.1, 0.15) is 13.7 Å². The molecular weight excluding hydrogens is 377 g/mol. The summed E-state index contributed by atoms with van der Waals surface area (Å²) in [7, 11) is 1.23. The molecule has 0 bridgehead atoms. The Morgan fingerprint density at radius 2 is 1.82 bits per heavy atom. The molecule has 0 atom stereocenters. The SMILES string of the molecule is CO/N=C(/C(=O)O)c1ccccc1CO/N=C(\C)c1cccc(C(F)(F)F)c1. The largest absolute Gasteiger partial charge is 0.476 e. The van der Waals surface area contributed by atoms with Crippen molar-refractivity contribution in [2.24, 2.45) is 10.3 Å². The van der Waals surface area contributed by atoms with E-state index in [0.29, 0.717) is 5.56 Å². The van der Waals surface area contributed by atoms with E-state index in [-0.39, 0.29) is 29.2 Å². The van der Waals surface area contributed by atoms with Crippen LogP contribution in [0.5, 0.6) is 0 Å². The Hall–Kier alpha value is -3.36. The van der Waals surface area contributed by atoms with Crippen molar-refractivity contribution in [2.75, 3.05) is 7.11 Å². The lowest BCUT2D eigenvalue weighted by atomic mass is 10.0. The monoisotopic (exact) mass is 394 g/mol. The van der Waals surface area contributed by atoms with E-state index in [4.69, 9.17) is 4.84 Å². The number of benzene rings is 2. The highest BCUT2D eigenvalue weighted by atomic mass is 19.4. The molecule has 0 unspecified atom stereocenters. The molecule has 0 heterocycles. The number of carbonyl (C=O) groups is 1. The fourth-order valence-corrected chi connectivity index (χ4v) is 2.34. The first-order valence-electron chi connectivity index (χ1n) is 8.01. The van der Waals surface area contributed by atoms with E-state index in [2.05, 4.69) is 15.1 Å². The van der Waals surface area contributed by atoms with Gasteiger partial charge in [-0.3, -0.25) is 0 Å². The van der Waals surface area contributed by atoms with E-state index in [1.54, 1.807) is 18.2 Å². The molecular formula is C19H17F3N2O4. The van der Waals surface area contributed by atoms with E-state index in [1.165, 1.54) is 32.2 Å². The molecule has 9 heteroatoms. The van der Waals surface area contributed by atoms with Gasteiger partial charge in [-0.05, 0) is 24.6 Å². The predicted octanol–water partition coefficient (Wildman–Crippen LogP) is 4.08. The third kappa shape index (κ3) is 5.32. The molecule has 6 nitrogen and oxygen atoms in total. The van der Waals surface area contributed by atoms with Gasteiger partial charge in [-0.15, -0.1) is 0 Å². The van der Waals surface area contributed by atoms with Gasteiger partial charge >= 0.3 is 12.1 Å². The minimum Gasteiger partial charge on any atom is -0.476 e. The van der Waals surface area contributed by atoms with Crippen molar-refractivity contribution in [1.29, 1.82) is 0 Å². The molecule has 0 aliphatic carbocycles. The molecule has 148 valence electrons. The van der Waals surface area contributed by atoms with Crippen LogP contribution < -0.4 is 0 Å². The Balaban J connectivity index is 2.19. The zero-order valence-corrected chi connectivity index (χ0v) is 15.0. The third-order valence-corrected chi connectivity index (χ3v) is 3.69. The summed E-state index contributed by atoms with van der Waals surface area (Å²) in [6, 6.07) is 11.2. The number of aliphatic carboxylic acids is 1. The Labute approximate surface area is 158 Å². The standard InChI is InChI=1S/C19H17F3N2O4/c1-12(13-7-5-8-15(10-13)19(20,21)22)23-28-11-14-6-3-4-9-16(14)17(18(25)26)24-27-2/h3-10H,11H2,1-2H3,(H,25,26)/b23-12+,24-17+. The number of oxime groups is 2. The van der Waals surface area contributed by atoms with Crippen LogP contribution in [0.1, 0.15) is 29.2 Å². The van der Waals surface area contributed by atoms with E-state index in [0.717, 1.165) is 12.1 Å². The Bertz CT molecular complexity index is 908. The first-order chi connectivity index (χ1) is 13.2. The lowest BCUT2D eigenvalue weighted by molar-refractivity contribution is -0.137. The number of carboxylic acids is 1. The van der Waals surface area contributed by atoms with Gasteiger partial charge in [-0.1, -0.05) is 46.7 Å². The maximum Gasteiger partial charge on any atom is 0.416 e. The molecule has 2 aromatic carbocycles. The molecule has 0 radical (unpaired) electrons. The zero-order valence-electron chi connectivity index (χ0n) is 15.0. The number of halogens is 3. The molecule has 0 saturated carbocycles. The van der Waals surface area contributed by atoms with Gasteiger partial charge in [0.15, 0.2) is 5.71 Å². The maximum atomic E-state index is 12.8. The molecule has 0 amide bonds. The van der Waals surface area contributed by atoms with E-state index < -0.39 is 17.7 Å². The number of rotatable bonds is 7. The highest BCUT2D eigenvalue weighted by Crippen LogP contribution is 2.29. The van der Waals surface area contributed by atoms with Crippen LogP contribution in [-0.4, -0.2) is 29.6 Å². The van der Waals surface area contributed by atoms with Crippen molar-refractivity contribution in [3.05, 3.63) is 70.8 Å². The Kier molecular flexibility index (Phi) is 6.75. The fourth-order valence-electron chi connectivity index (χ4n) is 2.34. The van der Waals surface area contributed by atoms with Crippen LogP contribution in [0.15, 0.2) is 58.8 Å². The lowest BCUT2D eigenvalue weighted by Gasteiger charge is -2.10. The van der Waals surface area contributed by atoms with Gasteiger partial charge in [0.2, 0.25) is 0 Å². The molecule has 0 aliphatic heterocycles. The van der Waals surface area contributed by atoms with Crippen LogP contribution in [0.4, 0.5) is 13.2 Å². The minimum atomic E-state index is -4.45. The topological polar surface area (TPSA) is 80.5 Å². The number of carboxylic acid groups (broad SMARTS) is 1. The summed E-state index contributed by atoms with van der Waals surface area (Å²) < 4.78 is 38.4. The Morgan fingerprint density at radius 1 is 1.11 bits per heavy atom. The summed E-state index contributed by atoms with van der Waals surface area (Å²) in [5, 5.41) is 16.6. The van der Waals surface area contributed by atoms with Crippen LogP contribution >= 0.6 is 0 Å². The first kappa shape index (κ1) is 20.9. The fraction of sp³-hybridized carbons (Fsp3) is 0.211. The van der Waals surface area contributed by atoms with Crippen molar-refractivity contribution in [3.8, 4) is 0 Å². The minimum absolute atomic E-state index is 0.109. The molecule has 2 aromatic rings. The summed E-state index contributed by atoms with van der Waals surface area (Å²) >= 11 is 0. The van der Waals surface area contributed by atoms with Gasteiger partial charge in [0.25, 0.3) is 0 Å². The summed E-state index contributed by atoms with van der Waals surface area (Å²) in [6.07, 6.45) is -4.45. The van der Waals surface area contributed by atoms with Gasteiger partial charge in [0, 0.05) is 11.1 Å². The molecule has 0 fully saturated rings. The lowest BCUT2D eigenvalue weighted by Crippen LogP contribution is -2.17. The molecule has 2 rings (SSSR count). The summed E-state index contributed by atoms with van der Waals surface area (Å²) in [6.45, 7) is 1.40. The average molecular weight is 394 g/mol. The van der Waals surface area contributed by atoms with Crippen molar-refractivity contribution in [1.82, 2.24) is 0 Å². The average Bonchev–Trinajstić information content (AvgIpc) is 2.66. The smallest absolute Gasteiger partial charge is 0.416 e. The predicted molar refractivity (Wildman–Crippen MR) is 96.1 cm³/mol. The highest BCUT2D eigenvalue weighted by Gasteiger charge is 2.30. The number of nitrogens with zero attached hydrogens (tertiary/aromatic N) is 2. The van der Waals surface area contributed by atoms with Gasteiger partial charge < -0.3 is 14.8 Å². The quantitative estimate of drug-likeness (QED) is 0.567. The first-order valence-corrected chi connectivity index (χ1v) is 8.01. The molecule has 28 heavy (non-hydrogen) atoms. The van der Waals surface area contributed by atoms with E-state index >= 15 is 0 Å². The van der Waals surface area contributed by atoms with Crippen molar-refractivity contribution in [3.63, 3.8) is 0 Å². The van der Waals surface area contributed by atoms with E-state index in [9.17, 15) is 23.1 Å². The van der Waals surface area contributed by atoms with E-state index in [1.807, 2.05) is 0 Å². The second-order valence-corrected chi connectivity index (χ2v) is 5.61. The maximum absolute atomic E-state index is 12.8. The third-order valence-electron chi connectivity index (χ3n) is 3.69. The molecule has 0 aliphatic rings.